The highest BCUT2D eigenvalue weighted by molar-refractivity contribution is 14.1. The maximum atomic E-state index is 12.8. The lowest BCUT2D eigenvalue weighted by Crippen LogP contribution is -2.64. The van der Waals surface area contributed by atoms with E-state index in [1.807, 2.05) is 249 Å². The first-order valence-corrected chi connectivity index (χ1v) is 57.4. The van der Waals surface area contributed by atoms with Crippen LogP contribution in [0.4, 0.5) is 17.1 Å². The summed E-state index contributed by atoms with van der Waals surface area (Å²) >= 11 is 27.8. The van der Waals surface area contributed by atoms with Crippen molar-refractivity contribution in [2.24, 2.45) is 29.6 Å². The van der Waals surface area contributed by atoms with E-state index in [1.54, 1.807) is 14.7 Å². The summed E-state index contributed by atoms with van der Waals surface area (Å²) in [6, 6.07) is 39.8. The minimum absolute atomic E-state index is 0.0779. The van der Waals surface area contributed by atoms with Gasteiger partial charge >= 0.3 is 0 Å². The molecule has 0 aromatic heterocycles. The Morgan fingerprint density at radius 1 is 0.248 bits per heavy atom. The van der Waals surface area contributed by atoms with Crippen molar-refractivity contribution in [1.82, 2.24) is 14.7 Å². The number of hydrogen-bond acceptors (Lipinski definition) is 16. The molecular formula is C97H121I13N6O13. The van der Waals surface area contributed by atoms with Gasteiger partial charge in [0, 0.05) is 74.5 Å². The highest BCUT2D eigenvalue weighted by atomic mass is 127. The third-order valence-corrected chi connectivity index (χ3v) is 29.4. The molecular weight excluding hydrogens is 3110 g/mol. The number of benzene rings is 5. The van der Waals surface area contributed by atoms with Gasteiger partial charge in [0.25, 0.3) is 0 Å². The van der Waals surface area contributed by atoms with Crippen LogP contribution in [0.3, 0.4) is 0 Å². The molecule has 5 fully saturated rings. The summed E-state index contributed by atoms with van der Waals surface area (Å²) in [5, 5.41) is 0. The van der Waals surface area contributed by atoms with Crippen LogP contribution >= 0.6 is 294 Å². The van der Waals surface area contributed by atoms with Gasteiger partial charge in [0.1, 0.15) is 11.6 Å². The Kier molecular flexibility index (Phi) is 43.6. The van der Waals surface area contributed by atoms with Crippen LogP contribution in [0.2, 0.25) is 0 Å². The fourth-order valence-electron chi connectivity index (χ4n) is 15.2. The average molecular weight is 3230 g/mol. The Labute approximate surface area is 942 Å². The standard InChI is InChI=1S/C33H36I3N3O3.C24H26I2O2.C18H27I3O3.C15H24I3N3O3.C7H8I2O2/c1-31(2,34)28(40)22-7-13-25(14-8-22)37-19-38(26-15-9-23(10-16-26)29(41)32(3,4)35)21-39(20-37)27-17-11-24(12-18-27)30(42)33(5,6)36;1-23(2,25)21(27)17-9-5-15(6-10-17)19-13-20(14-19)16-7-11-18(12-8-16)22(28)24(3,4)26;1-16(2,19)13(22)10-7-11(14(23)17(3,4)20)9-12(8-10)15(24)18(5,6)21;1-13(2,16)10(22)19-7-20(11(23)14(3,4)17)9-21(8-19)12(24)15(5,6)18;8-2-6(10)4-1-5(4)7(11)3-9/h7-18H,19-21H2,1-6H3;5-12,19-20H,13-14H2,1-4H3;10-12H,7-9H2,1-6H3;7-9H2,1-6H3;4-5H,1-3H2/t;;;;4-,5-/m....0/s1. The molecule has 5 aliphatic rings. The summed E-state index contributed by atoms with van der Waals surface area (Å²) in [5.41, 5.74) is 9.31. The second kappa shape index (κ2) is 47.8. The molecule has 5 aromatic carbocycles. The SMILES string of the molecule is CC(C)(I)C(=O)C1CC(C(=O)C(C)(C)I)CC(C(=O)C(C)(C)I)C1.CC(C)(I)C(=O)N1CN(C(=O)C(C)(C)I)CN(C(=O)C(C)(C)I)C1.CC(C)(I)C(=O)c1ccc(C2CC(c3ccc(C(=O)C(C)(C)I)cc3)C2)cc1.CC(C)(I)C(=O)c1ccc(N2CN(c3ccc(C(=O)C(C)(C)I)cc3)CN(c3ccc(C(=O)C(C)(C)I)cc3)C2)cc1.O=C(CI)[C@H]1C[C@@H]1C(=O)CI. The van der Waals surface area contributed by atoms with Crippen LogP contribution in [0.1, 0.15) is 266 Å². The number of hydrogen-bond donors (Lipinski definition) is 0. The van der Waals surface area contributed by atoms with Crippen molar-refractivity contribution in [2.75, 3.05) is 63.6 Å². The van der Waals surface area contributed by atoms with E-state index in [1.165, 1.54) is 11.1 Å². The van der Waals surface area contributed by atoms with E-state index in [0.29, 0.717) is 76.6 Å². The molecule has 0 spiro atoms. The van der Waals surface area contributed by atoms with Crippen LogP contribution in [0.15, 0.2) is 121 Å². The topological polar surface area (TPSA) is 241 Å². The van der Waals surface area contributed by atoms with Gasteiger partial charge in [-0.2, -0.15) is 0 Å². The number of carbonyl (C=O) groups is 13. The van der Waals surface area contributed by atoms with Crippen LogP contribution in [-0.2, 0) is 38.4 Å². The second-order valence-electron chi connectivity index (χ2n) is 39.1. The molecule has 2 atom stereocenters. The highest BCUT2D eigenvalue weighted by Gasteiger charge is 2.49. The molecule has 129 heavy (non-hydrogen) atoms. The zero-order valence-corrected chi connectivity index (χ0v) is 105. The smallest absolute Gasteiger partial charge is 0.240 e. The number of rotatable bonds is 28. The van der Waals surface area contributed by atoms with Gasteiger partial charge in [-0.3, -0.25) is 62.3 Å². The predicted molar refractivity (Wildman–Crippen MR) is 634 cm³/mol. The fourth-order valence-corrected chi connectivity index (χ4v) is 20.2. The lowest BCUT2D eigenvalue weighted by Gasteiger charge is -2.46. The van der Waals surface area contributed by atoms with E-state index < -0.39 is 30.8 Å². The van der Waals surface area contributed by atoms with Crippen LogP contribution in [0, 0.1) is 29.6 Å². The Morgan fingerprint density at radius 3 is 0.597 bits per heavy atom. The summed E-state index contributed by atoms with van der Waals surface area (Å²) in [4.78, 5) is 173. The molecule has 3 aliphatic carbocycles. The molecule has 2 aliphatic heterocycles. The van der Waals surface area contributed by atoms with E-state index >= 15 is 0 Å². The molecule has 32 heteroatoms. The normalized spacial score (nSPS) is 19.5. The molecule has 5 aromatic rings. The fraction of sp³-hybridized carbons (Fsp3) is 0.557. The first-order chi connectivity index (χ1) is 58.7. The second-order valence-corrected chi connectivity index (χ2v) is 70.3. The van der Waals surface area contributed by atoms with Crippen LogP contribution in [0.5, 0.6) is 0 Å². The van der Waals surface area contributed by atoms with Crippen LogP contribution in [-0.4, -0.2) is 177 Å². The number of nitrogens with zero attached hydrogens (tertiary/aromatic N) is 6. The lowest BCUT2D eigenvalue weighted by atomic mass is 9.67. The molecule has 19 nitrogen and oxygen atoms in total. The lowest BCUT2D eigenvalue weighted by molar-refractivity contribution is -0.160. The van der Waals surface area contributed by atoms with Crippen molar-refractivity contribution in [3.63, 3.8) is 0 Å². The maximum Gasteiger partial charge on any atom is 0.240 e. The monoisotopic (exact) mass is 3230 g/mol. The van der Waals surface area contributed by atoms with E-state index in [4.69, 9.17) is 0 Å². The van der Waals surface area contributed by atoms with E-state index in [-0.39, 0.29) is 132 Å². The van der Waals surface area contributed by atoms with Crippen LogP contribution in [0.25, 0.3) is 0 Å². The van der Waals surface area contributed by atoms with Gasteiger partial charge in [-0.25, -0.2) is 0 Å². The number of anilines is 3. The van der Waals surface area contributed by atoms with Crippen molar-refractivity contribution in [3.8, 4) is 0 Å². The van der Waals surface area contributed by atoms with Crippen molar-refractivity contribution in [3.05, 3.63) is 160 Å². The van der Waals surface area contributed by atoms with Crippen LogP contribution < -0.4 is 14.7 Å². The summed E-state index contributed by atoms with van der Waals surface area (Å²) < 4.78 is -4.28. The molecule has 0 unspecified atom stereocenters. The number of Topliss-reactive ketones (excluding diaryl/α,β-unsaturated/α-hetero) is 10. The zero-order chi connectivity index (χ0) is 98.3. The molecule has 0 radical (unpaired) electrons. The Bertz CT molecular complexity index is 4330. The Hall–Kier alpha value is 0.100. The number of amides is 3. The summed E-state index contributed by atoms with van der Waals surface area (Å²) in [6.45, 7) is 44.2. The first kappa shape index (κ1) is 118. The summed E-state index contributed by atoms with van der Waals surface area (Å²) in [6.07, 6.45) is 4.81. The van der Waals surface area contributed by atoms with Gasteiger partial charge in [-0.15, -0.1) is 0 Å². The average Bonchev–Trinajstić information content (AvgIpc) is 1.40. The van der Waals surface area contributed by atoms with E-state index in [2.05, 4.69) is 333 Å². The third-order valence-electron chi connectivity index (χ3n) is 22.5. The van der Waals surface area contributed by atoms with Gasteiger partial charge in [0.05, 0.1) is 86.5 Å². The number of carbonyl (C=O) groups excluding carboxylic acids is 13. The Balaban J connectivity index is 0.000000261. The molecule has 3 amide bonds. The van der Waals surface area contributed by atoms with Crippen molar-refractivity contribution in [1.29, 1.82) is 0 Å². The summed E-state index contributed by atoms with van der Waals surface area (Å²) in [5.74, 6) is 2.03. The van der Waals surface area contributed by atoms with Gasteiger partial charge in [0.15, 0.2) is 46.3 Å². The van der Waals surface area contributed by atoms with E-state index in [9.17, 15) is 62.3 Å². The van der Waals surface area contributed by atoms with E-state index in [0.717, 1.165) is 47.5 Å². The highest BCUT2D eigenvalue weighted by Crippen LogP contribution is 2.49. The molecule has 0 bridgehead atoms. The Morgan fingerprint density at radius 2 is 0.434 bits per heavy atom. The number of halogens is 13. The summed E-state index contributed by atoms with van der Waals surface area (Å²) in [7, 11) is 0. The zero-order valence-electron chi connectivity index (χ0n) is 77.4. The molecule has 10 rings (SSSR count). The number of ketones is 10. The van der Waals surface area contributed by atoms with Gasteiger partial charge < -0.3 is 29.4 Å². The molecule has 0 N–H and O–H groups in total. The molecule has 708 valence electrons. The number of alkyl halides is 13. The van der Waals surface area contributed by atoms with Crippen molar-refractivity contribution < 1.29 is 62.3 Å². The quantitative estimate of drug-likeness (QED) is 0.0257. The predicted octanol–water partition coefficient (Wildman–Crippen LogP) is 25.7. The first-order valence-electron chi connectivity index (χ1n) is 42.5. The molecule has 3 saturated carbocycles. The van der Waals surface area contributed by atoms with Gasteiger partial charge in [-0.1, -0.05) is 342 Å². The van der Waals surface area contributed by atoms with Gasteiger partial charge in [-0.05, 0) is 287 Å². The van der Waals surface area contributed by atoms with Crippen molar-refractivity contribution in [2.45, 2.75) is 240 Å². The maximum absolute atomic E-state index is 12.8. The third kappa shape index (κ3) is 34.8. The minimum atomic E-state index is -0.599. The minimum Gasteiger partial charge on any atom is -0.336 e. The molecule has 2 heterocycles. The molecule has 2 saturated heterocycles. The largest absolute Gasteiger partial charge is 0.336 e. The van der Waals surface area contributed by atoms with Gasteiger partial charge in [0.2, 0.25) is 17.7 Å². The van der Waals surface area contributed by atoms with Crippen molar-refractivity contribution >= 4 is 386 Å².